The fraction of sp³-hybridized carbons (Fsp3) is 0.222. The average molecular weight is 358 g/mol. The van der Waals surface area contributed by atoms with Crippen molar-refractivity contribution in [1.82, 2.24) is 5.32 Å². The van der Waals surface area contributed by atoms with Gasteiger partial charge in [0.15, 0.2) is 5.11 Å². The smallest absolute Gasteiger partial charge is 0.281 e. The van der Waals surface area contributed by atoms with Gasteiger partial charge in [-0.25, -0.2) is 4.90 Å². The molecule has 0 saturated carbocycles. The number of aryl methyl sites for hydroxylation is 1. The van der Waals surface area contributed by atoms with Crippen molar-refractivity contribution in [1.29, 1.82) is 0 Å². The fourth-order valence-corrected chi connectivity index (χ4v) is 3.66. The standard InChI is InChI=1S/C18H18N2O2S2/c1-3-12-9-10-13(24-12)11-14-17(21)20(18(23)19-14)15-7-5-6-8-16(15)22-4-2/h5-11H,3-4H2,1-2H3,(H,19,23)/b14-11+. The van der Waals surface area contributed by atoms with E-state index in [1.807, 2.05) is 43.3 Å². The number of nitrogens with one attached hydrogen (secondary N) is 1. The van der Waals surface area contributed by atoms with E-state index in [4.69, 9.17) is 17.0 Å². The summed E-state index contributed by atoms with van der Waals surface area (Å²) in [7, 11) is 0. The van der Waals surface area contributed by atoms with Crippen LogP contribution in [0.25, 0.3) is 6.08 Å². The van der Waals surface area contributed by atoms with Crippen LogP contribution < -0.4 is 15.0 Å². The van der Waals surface area contributed by atoms with Gasteiger partial charge in [-0.15, -0.1) is 11.3 Å². The molecular formula is C18H18N2O2S2. The predicted molar refractivity (Wildman–Crippen MR) is 103 cm³/mol. The van der Waals surface area contributed by atoms with Gasteiger partial charge in [0.25, 0.3) is 5.91 Å². The molecule has 6 heteroatoms. The SMILES string of the molecule is CCOc1ccccc1N1C(=O)/C(=C\c2ccc(CC)s2)NC1=S. The molecule has 0 bridgehead atoms. The number of hydrogen-bond acceptors (Lipinski definition) is 4. The summed E-state index contributed by atoms with van der Waals surface area (Å²) in [6, 6.07) is 11.5. The summed E-state index contributed by atoms with van der Waals surface area (Å²) < 4.78 is 5.62. The number of amides is 1. The number of para-hydroxylation sites is 2. The first-order valence-corrected chi connectivity index (χ1v) is 9.04. The van der Waals surface area contributed by atoms with Gasteiger partial charge in [-0.2, -0.15) is 0 Å². The molecule has 1 fully saturated rings. The number of thiophene rings is 1. The molecular weight excluding hydrogens is 340 g/mol. The summed E-state index contributed by atoms with van der Waals surface area (Å²) in [6.07, 6.45) is 2.84. The molecule has 0 spiro atoms. The Morgan fingerprint density at radius 1 is 1.25 bits per heavy atom. The summed E-state index contributed by atoms with van der Waals surface area (Å²) in [4.78, 5) is 16.6. The van der Waals surface area contributed by atoms with E-state index in [1.165, 1.54) is 9.78 Å². The second-order valence-corrected chi connectivity index (χ2v) is 6.77. The molecule has 3 rings (SSSR count). The minimum absolute atomic E-state index is 0.168. The third-order valence-electron chi connectivity index (χ3n) is 3.60. The molecule has 1 aliphatic rings. The number of anilines is 1. The Bertz CT molecular complexity index is 811. The van der Waals surface area contributed by atoms with Crippen LogP contribution in [-0.2, 0) is 11.2 Å². The molecule has 0 radical (unpaired) electrons. The van der Waals surface area contributed by atoms with Gasteiger partial charge in [0, 0.05) is 9.75 Å². The summed E-state index contributed by atoms with van der Waals surface area (Å²) in [6.45, 7) is 4.55. The molecule has 0 atom stereocenters. The maximum atomic E-state index is 12.8. The number of ether oxygens (including phenoxy) is 1. The molecule has 4 nitrogen and oxygen atoms in total. The van der Waals surface area contributed by atoms with Gasteiger partial charge in [0.1, 0.15) is 11.4 Å². The van der Waals surface area contributed by atoms with Crippen molar-refractivity contribution >= 4 is 46.3 Å². The van der Waals surface area contributed by atoms with Crippen LogP contribution in [0.1, 0.15) is 23.6 Å². The topological polar surface area (TPSA) is 41.6 Å². The van der Waals surface area contributed by atoms with Gasteiger partial charge in [0.2, 0.25) is 0 Å². The maximum absolute atomic E-state index is 12.8. The fourth-order valence-electron chi connectivity index (χ4n) is 2.48. The van der Waals surface area contributed by atoms with Crippen molar-refractivity contribution in [2.24, 2.45) is 0 Å². The molecule has 1 amide bonds. The van der Waals surface area contributed by atoms with Crippen molar-refractivity contribution < 1.29 is 9.53 Å². The minimum atomic E-state index is -0.168. The molecule has 1 aromatic heterocycles. The highest BCUT2D eigenvalue weighted by molar-refractivity contribution is 7.80. The number of hydrogen-bond donors (Lipinski definition) is 1. The molecule has 2 aromatic rings. The molecule has 0 aliphatic carbocycles. The molecule has 0 unspecified atom stereocenters. The van der Waals surface area contributed by atoms with E-state index in [1.54, 1.807) is 11.3 Å². The van der Waals surface area contributed by atoms with Crippen LogP contribution in [0, 0.1) is 0 Å². The van der Waals surface area contributed by atoms with E-state index in [2.05, 4.69) is 18.3 Å². The highest BCUT2D eigenvalue weighted by Gasteiger charge is 2.33. The second-order valence-electron chi connectivity index (χ2n) is 5.19. The second kappa shape index (κ2) is 7.15. The first-order chi connectivity index (χ1) is 11.6. The lowest BCUT2D eigenvalue weighted by Crippen LogP contribution is -2.30. The van der Waals surface area contributed by atoms with Crippen molar-refractivity contribution in [3.8, 4) is 5.75 Å². The Labute approximate surface area is 150 Å². The number of thiocarbonyl (C=S) groups is 1. The largest absolute Gasteiger partial charge is 0.492 e. The van der Waals surface area contributed by atoms with Crippen LogP contribution >= 0.6 is 23.6 Å². The van der Waals surface area contributed by atoms with E-state index in [0.29, 0.717) is 28.9 Å². The van der Waals surface area contributed by atoms with E-state index in [9.17, 15) is 4.79 Å². The number of carbonyl (C=O) groups excluding carboxylic acids is 1. The summed E-state index contributed by atoms with van der Waals surface area (Å²) in [5, 5.41) is 3.38. The first kappa shape index (κ1) is 16.7. The zero-order chi connectivity index (χ0) is 17.1. The maximum Gasteiger partial charge on any atom is 0.281 e. The van der Waals surface area contributed by atoms with Gasteiger partial charge in [-0.1, -0.05) is 19.1 Å². The Kier molecular flexibility index (Phi) is 4.97. The third kappa shape index (κ3) is 3.20. The van der Waals surface area contributed by atoms with Crippen molar-refractivity contribution in [3.05, 3.63) is 51.8 Å². The average Bonchev–Trinajstić information content (AvgIpc) is 3.14. The summed E-state index contributed by atoms with van der Waals surface area (Å²) in [5.41, 5.74) is 1.14. The van der Waals surface area contributed by atoms with Gasteiger partial charge in [-0.3, -0.25) is 4.79 Å². The third-order valence-corrected chi connectivity index (χ3v) is 5.06. The number of benzene rings is 1. The van der Waals surface area contributed by atoms with Crippen LogP contribution in [0.2, 0.25) is 0 Å². The van der Waals surface area contributed by atoms with E-state index >= 15 is 0 Å². The highest BCUT2D eigenvalue weighted by Crippen LogP contribution is 2.32. The quantitative estimate of drug-likeness (QED) is 0.649. The summed E-state index contributed by atoms with van der Waals surface area (Å²) >= 11 is 7.04. The molecule has 124 valence electrons. The lowest BCUT2D eigenvalue weighted by atomic mass is 10.2. The Hall–Kier alpha value is -2.18. The van der Waals surface area contributed by atoms with E-state index < -0.39 is 0 Å². The van der Waals surface area contributed by atoms with Crippen LogP contribution in [0.5, 0.6) is 5.75 Å². The van der Waals surface area contributed by atoms with Crippen LogP contribution in [0.15, 0.2) is 42.1 Å². The molecule has 1 aromatic carbocycles. The molecule has 1 saturated heterocycles. The molecule has 2 heterocycles. The van der Waals surface area contributed by atoms with Crippen molar-refractivity contribution in [3.63, 3.8) is 0 Å². The van der Waals surface area contributed by atoms with Gasteiger partial charge < -0.3 is 10.1 Å². The Morgan fingerprint density at radius 3 is 2.75 bits per heavy atom. The molecule has 1 aliphatic heterocycles. The van der Waals surface area contributed by atoms with Gasteiger partial charge in [0.05, 0.1) is 12.3 Å². The van der Waals surface area contributed by atoms with Crippen LogP contribution in [0.3, 0.4) is 0 Å². The van der Waals surface area contributed by atoms with E-state index in [0.717, 1.165) is 11.3 Å². The monoisotopic (exact) mass is 358 g/mol. The summed E-state index contributed by atoms with van der Waals surface area (Å²) in [5.74, 6) is 0.474. The van der Waals surface area contributed by atoms with Crippen molar-refractivity contribution in [2.45, 2.75) is 20.3 Å². The first-order valence-electron chi connectivity index (χ1n) is 7.81. The van der Waals surface area contributed by atoms with E-state index in [-0.39, 0.29) is 5.91 Å². The number of carbonyl (C=O) groups is 1. The Balaban J connectivity index is 1.92. The van der Waals surface area contributed by atoms with Crippen molar-refractivity contribution in [2.75, 3.05) is 11.5 Å². The zero-order valence-electron chi connectivity index (χ0n) is 13.5. The van der Waals surface area contributed by atoms with Crippen LogP contribution in [-0.4, -0.2) is 17.6 Å². The lowest BCUT2D eigenvalue weighted by molar-refractivity contribution is -0.113. The normalized spacial score (nSPS) is 15.9. The molecule has 1 N–H and O–H groups in total. The number of nitrogens with zero attached hydrogens (tertiary/aromatic N) is 1. The Morgan fingerprint density at radius 2 is 2.04 bits per heavy atom. The molecule has 24 heavy (non-hydrogen) atoms. The van der Waals surface area contributed by atoms with Gasteiger partial charge in [-0.05, 0) is 55.9 Å². The van der Waals surface area contributed by atoms with Gasteiger partial charge >= 0.3 is 0 Å². The minimum Gasteiger partial charge on any atom is -0.492 e. The predicted octanol–water partition coefficient (Wildman–Crippen LogP) is 3.97. The lowest BCUT2D eigenvalue weighted by Gasteiger charge is -2.17. The zero-order valence-corrected chi connectivity index (χ0v) is 15.2. The highest BCUT2D eigenvalue weighted by atomic mass is 32.1. The number of rotatable bonds is 5. The van der Waals surface area contributed by atoms with Crippen LogP contribution in [0.4, 0.5) is 5.69 Å².